The van der Waals surface area contributed by atoms with Crippen molar-refractivity contribution in [3.63, 3.8) is 0 Å². The second-order valence-corrected chi connectivity index (χ2v) is 3.99. The molecule has 0 spiro atoms. The third-order valence-corrected chi connectivity index (χ3v) is 2.94. The van der Waals surface area contributed by atoms with Gasteiger partial charge in [0.1, 0.15) is 6.07 Å². The van der Waals surface area contributed by atoms with E-state index in [1.165, 1.54) is 7.11 Å². The van der Waals surface area contributed by atoms with Gasteiger partial charge in [0.25, 0.3) is 0 Å². The van der Waals surface area contributed by atoms with Gasteiger partial charge in [0, 0.05) is 4.47 Å². The Morgan fingerprint density at radius 1 is 1.67 bits per heavy atom. The molecule has 3 nitrogen and oxygen atoms in total. The minimum atomic E-state index is -0.386. The Kier molecular flexibility index (Phi) is 4.13. The summed E-state index contributed by atoms with van der Waals surface area (Å²) in [6.45, 7) is 0. The largest absolute Gasteiger partial charge is 0.469 e. The molecule has 0 unspecified atom stereocenters. The van der Waals surface area contributed by atoms with E-state index < -0.39 is 0 Å². The van der Waals surface area contributed by atoms with Gasteiger partial charge < -0.3 is 4.74 Å². The predicted molar refractivity (Wildman–Crippen MR) is 59.6 cm³/mol. The number of ether oxygens (including phenoxy) is 1. The maximum absolute atomic E-state index is 11.0. The fourth-order valence-electron chi connectivity index (χ4n) is 1.06. The average molecular weight is 289 g/mol. The Hall–Kier alpha value is -1.05. The lowest BCUT2D eigenvalue weighted by molar-refractivity contribution is -0.139. The molecule has 0 N–H and O–H groups in total. The summed E-state index contributed by atoms with van der Waals surface area (Å²) in [4.78, 5) is 11.0. The smallest absolute Gasteiger partial charge is 0.310 e. The highest BCUT2D eigenvalue weighted by atomic mass is 79.9. The molecule has 5 heteroatoms. The summed E-state index contributed by atoms with van der Waals surface area (Å²) in [5.41, 5.74) is 0.918. The summed E-state index contributed by atoms with van der Waals surface area (Å²) in [6, 6.07) is 5.33. The molecule has 0 bridgehead atoms. The summed E-state index contributed by atoms with van der Waals surface area (Å²) in [5, 5.41) is 9.12. The van der Waals surface area contributed by atoms with E-state index in [0.717, 1.165) is 0 Å². The molecule has 0 amide bonds. The van der Waals surface area contributed by atoms with Crippen LogP contribution in [0.3, 0.4) is 0 Å². The van der Waals surface area contributed by atoms with Crippen LogP contribution in [-0.2, 0) is 16.0 Å². The van der Waals surface area contributed by atoms with Gasteiger partial charge in [0.15, 0.2) is 0 Å². The van der Waals surface area contributed by atoms with Crippen LogP contribution in [0.5, 0.6) is 0 Å². The minimum Gasteiger partial charge on any atom is -0.469 e. The minimum absolute atomic E-state index is 0.0668. The van der Waals surface area contributed by atoms with Gasteiger partial charge in [-0.2, -0.15) is 5.26 Å². The van der Waals surface area contributed by atoms with Crippen LogP contribution in [0.15, 0.2) is 16.6 Å². The van der Waals surface area contributed by atoms with E-state index in [2.05, 4.69) is 20.7 Å². The van der Waals surface area contributed by atoms with Crippen LogP contribution < -0.4 is 0 Å². The van der Waals surface area contributed by atoms with Gasteiger partial charge in [-0.25, -0.2) is 0 Å². The maximum atomic E-state index is 11.0. The van der Waals surface area contributed by atoms with Crippen LogP contribution in [0, 0.1) is 11.3 Å². The first-order chi connectivity index (χ1) is 7.10. The third kappa shape index (κ3) is 2.71. The van der Waals surface area contributed by atoms with E-state index in [4.69, 9.17) is 16.9 Å². The number of carbonyl (C=O) groups excluding carboxylic acids is 1. The van der Waals surface area contributed by atoms with Gasteiger partial charge in [-0.15, -0.1) is 0 Å². The van der Waals surface area contributed by atoms with E-state index in [1.54, 1.807) is 12.1 Å². The molecule has 15 heavy (non-hydrogen) atoms. The molecule has 1 aromatic rings. The van der Waals surface area contributed by atoms with Crippen molar-refractivity contribution in [2.24, 2.45) is 0 Å². The van der Waals surface area contributed by atoms with Gasteiger partial charge >= 0.3 is 5.97 Å². The maximum Gasteiger partial charge on any atom is 0.310 e. The van der Waals surface area contributed by atoms with Gasteiger partial charge in [0.05, 0.1) is 24.1 Å². The number of carbonyl (C=O) groups is 1. The Bertz CT molecular complexity index is 440. The molecule has 0 atom stereocenters. The number of halogens is 2. The molecule has 78 valence electrons. The van der Waals surface area contributed by atoms with Crippen LogP contribution in [0.4, 0.5) is 0 Å². The summed E-state index contributed by atoms with van der Waals surface area (Å²) in [5.74, 6) is -0.386. The Labute approximate surface area is 101 Å². The summed E-state index contributed by atoms with van der Waals surface area (Å²) in [6.07, 6.45) is 0.0668. The molecule has 1 rings (SSSR count). The molecule has 0 fully saturated rings. The molecule has 0 radical (unpaired) electrons. The highest BCUT2D eigenvalue weighted by molar-refractivity contribution is 9.10. The first-order valence-corrected chi connectivity index (χ1v) is 5.21. The van der Waals surface area contributed by atoms with Gasteiger partial charge in [-0.05, 0) is 27.6 Å². The number of nitrogens with zero attached hydrogens (tertiary/aromatic N) is 1. The number of benzene rings is 1. The van der Waals surface area contributed by atoms with Gasteiger partial charge in [0.2, 0.25) is 0 Å². The van der Waals surface area contributed by atoms with Crippen molar-refractivity contribution in [1.29, 1.82) is 5.26 Å². The zero-order chi connectivity index (χ0) is 11.4. The van der Waals surface area contributed by atoms with Crippen molar-refractivity contribution in [2.45, 2.75) is 6.42 Å². The standard InChI is InChI=1S/C10H7BrClNO2/c1-15-9(14)4-6-2-3-8(11)7(5-13)10(6)12/h2-3H,4H2,1H3. The first-order valence-electron chi connectivity index (χ1n) is 4.04. The summed E-state index contributed by atoms with van der Waals surface area (Å²) >= 11 is 9.16. The molecule has 0 saturated heterocycles. The van der Waals surface area contributed by atoms with E-state index in [-0.39, 0.29) is 17.4 Å². The molecule has 0 aliphatic heterocycles. The van der Waals surface area contributed by atoms with Crippen LogP contribution in [0.2, 0.25) is 5.02 Å². The Morgan fingerprint density at radius 2 is 2.33 bits per heavy atom. The Balaban J connectivity index is 3.12. The lowest BCUT2D eigenvalue weighted by Crippen LogP contribution is -2.05. The molecule has 0 aromatic heterocycles. The second kappa shape index (κ2) is 5.15. The molecular weight excluding hydrogens is 281 g/mol. The topological polar surface area (TPSA) is 50.1 Å². The third-order valence-electron chi connectivity index (χ3n) is 1.85. The van der Waals surface area contributed by atoms with Crippen molar-refractivity contribution in [2.75, 3.05) is 7.11 Å². The second-order valence-electron chi connectivity index (χ2n) is 2.76. The van der Waals surface area contributed by atoms with E-state index >= 15 is 0 Å². The lowest BCUT2D eigenvalue weighted by Gasteiger charge is -2.05. The SMILES string of the molecule is COC(=O)Cc1ccc(Br)c(C#N)c1Cl. The fraction of sp³-hybridized carbons (Fsp3) is 0.200. The van der Waals surface area contributed by atoms with E-state index in [9.17, 15) is 4.79 Å². The fourth-order valence-corrected chi connectivity index (χ4v) is 1.87. The number of hydrogen-bond donors (Lipinski definition) is 0. The van der Waals surface area contributed by atoms with Gasteiger partial charge in [-0.3, -0.25) is 4.79 Å². The molecule has 0 heterocycles. The number of esters is 1. The van der Waals surface area contributed by atoms with Crippen molar-refractivity contribution < 1.29 is 9.53 Å². The normalized spacial score (nSPS) is 9.47. The lowest BCUT2D eigenvalue weighted by atomic mass is 10.1. The quantitative estimate of drug-likeness (QED) is 0.786. The van der Waals surface area contributed by atoms with Crippen molar-refractivity contribution in [3.05, 3.63) is 32.8 Å². The zero-order valence-electron chi connectivity index (χ0n) is 7.88. The number of nitriles is 1. The van der Waals surface area contributed by atoms with Crippen LogP contribution in [-0.4, -0.2) is 13.1 Å². The molecule has 0 aliphatic carbocycles. The highest BCUT2D eigenvalue weighted by Gasteiger charge is 2.12. The molecule has 1 aromatic carbocycles. The zero-order valence-corrected chi connectivity index (χ0v) is 10.2. The van der Waals surface area contributed by atoms with E-state index in [1.807, 2.05) is 6.07 Å². The number of rotatable bonds is 2. The molecule has 0 aliphatic rings. The predicted octanol–water partition coefficient (Wildman–Crippen LogP) is 2.69. The van der Waals surface area contributed by atoms with E-state index in [0.29, 0.717) is 15.6 Å². The van der Waals surface area contributed by atoms with Crippen molar-refractivity contribution in [1.82, 2.24) is 0 Å². The van der Waals surface area contributed by atoms with Crippen molar-refractivity contribution >= 4 is 33.5 Å². The van der Waals surface area contributed by atoms with Crippen LogP contribution in [0.25, 0.3) is 0 Å². The monoisotopic (exact) mass is 287 g/mol. The van der Waals surface area contributed by atoms with Crippen LogP contribution in [0.1, 0.15) is 11.1 Å². The van der Waals surface area contributed by atoms with Gasteiger partial charge in [-0.1, -0.05) is 17.7 Å². The summed E-state index contributed by atoms with van der Waals surface area (Å²) in [7, 11) is 1.31. The molecule has 0 saturated carbocycles. The molecular formula is C10H7BrClNO2. The summed E-state index contributed by atoms with van der Waals surface area (Å²) < 4.78 is 5.14. The Morgan fingerprint density at radius 3 is 2.87 bits per heavy atom. The first kappa shape index (κ1) is 12.0. The van der Waals surface area contributed by atoms with Crippen molar-refractivity contribution in [3.8, 4) is 6.07 Å². The van der Waals surface area contributed by atoms with Crippen LogP contribution >= 0.6 is 27.5 Å². The number of hydrogen-bond acceptors (Lipinski definition) is 3. The average Bonchev–Trinajstić information content (AvgIpc) is 2.23. The highest BCUT2D eigenvalue weighted by Crippen LogP contribution is 2.28. The number of methoxy groups -OCH3 is 1.